The van der Waals surface area contributed by atoms with E-state index in [0.29, 0.717) is 22.3 Å². The van der Waals surface area contributed by atoms with Crippen molar-refractivity contribution >= 4 is 18.0 Å². The number of carbonyl (C=O) groups excluding carboxylic acids is 2. The average molecular weight is 399 g/mol. The quantitative estimate of drug-likeness (QED) is 0.719. The molecular weight excluding hydrogens is 374 g/mol. The van der Waals surface area contributed by atoms with Crippen molar-refractivity contribution in [1.82, 2.24) is 5.32 Å². The SMILES string of the molecule is COC(=O)c1ccccc1-c1ccccc1CC(NC(=O)OC(C)(C)C)C(=O)O. The molecule has 1 unspecified atom stereocenters. The molecular formula is C22H25NO6. The highest BCUT2D eigenvalue weighted by Crippen LogP contribution is 2.28. The van der Waals surface area contributed by atoms with Crippen molar-refractivity contribution in [2.24, 2.45) is 0 Å². The number of nitrogens with one attached hydrogen (secondary N) is 1. The number of alkyl carbamates (subject to hydrolysis) is 1. The zero-order valence-corrected chi connectivity index (χ0v) is 16.9. The molecule has 0 spiro atoms. The van der Waals surface area contributed by atoms with Gasteiger partial charge in [0.25, 0.3) is 0 Å². The van der Waals surface area contributed by atoms with Gasteiger partial charge in [-0.15, -0.1) is 0 Å². The van der Waals surface area contributed by atoms with Crippen LogP contribution in [0.4, 0.5) is 4.79 Å². The highest BCUT2D eigenvalue weighted by molar-refractivity contribution is 5.97. The second-order valence-corrected chi connectivity index (χ2v) is 7.44. The van der Waals surface area contributed by atoms with E-state index in [2.05, 4.69) is 5.32 Å². The van der Waals surface area contributed by atoms with Gasteiger partial charge in [-0.25, -0.2) is 14.4 Å². The molecule has 0 radical (unpaired) electrons. The minimum Gasteiger partial charge on any atom is -0.480 e. The maximum atomic E-state index is 12.1. The van der Waals surface area contributed by atoms with E-state index in [9.17, 15) is 19.5 Å². The molecule has 0 aliphatic rings. The third-order valence-electron chi connectivity index (χ3n) is 4.05. The topological polar surface area (TPSA) is 102 Å². The second kappa shape index (κ2) is 9.23. The van der Waals surface area contributed by atoms with Crippen LogP contribution in [0.15, 0.2) is 48.5 Å². The lowest BCUT2D eigenvalue weighted by molar-refractivity contribution is -0.139. The summed E-state index contributed by atoms with van der Waals surface area (Å²) in [6, 6.07) is 12.8. The van der Waals surface area contributed by atoms with Crippen LogP contribution in [0.2, 0.25) is 0 Å². The van der Waals surface area contributed by atoms with Gasteiger partial charge in [-0.1, -0.05) is 42.5 Å². The second-order valence-electron chi connectivity index (χ2n) is 7.44. The molecule has 2 rings (SSSR count). The summed E-state index contributed by atoms with van der Waals surface area (Å²) in [6.45, 7) is 5.09. The molecule has 0 bridgehead atoms. The van der Waals surface area contributed by atoms with Crippen LogP contribution < -0.4 is 5.32 Å². The summed E-state index contributed by atoms with van der Waals surface area (Å²) in [5.41, 5.74) is 1.59. The van der Waals surface area contributed by atoms with E-state index < -0.39 is 29.7 Å². The Morgan fingerprint density at radius 3 is 2.17 bits per heavy atom. The van der Waals surface area contributed by atoms with Crippen molar-refractivity contribution in [1.29, 1.82) is 0 Å². The number of hydrogen-bond acceptors (Lipinski definition) is 5. The number of carboxylic acids is 1. The fourth-order valence-corrected chi connectivity index (χ4v) is 2.84. The number of carbonyl (C=O) groups is 3. The monoisotopic (exact) mass is 399 g/mol. The van der Waals surface area contributed by atoms with Gasteiger partial charge >= 0.3 is 18.0 Å². The van der Waals surface area contributed by atoms with Crippen LogP contribution in [0.5, 0.6) is 0 Å². The predicted octanol–water partition coefficient (Wildman–Crippen LogP) is 3.66. The van der Waals surface area contributed by atoms with E-state index in [1.807, 2.05) is 0 Å². The number of ether oxygens (including phenoxy) is 2. The molecule has 2 aromatic carbocycles. The smallest absolute Gasteiger partial charge is 0.408 e. The van der Waals surface area contributed by atoms with Crippen molar-refractivity contribution in [3.05, 3.63) is 59.7 Å². The lowest BCUT2D eigenvalue weighted by Crippen LogP contribution is -2.44. The number of amides is 1. The molecule has 29 heavy (non-hydrogen) atoms. The summed E-state index contributed by atoms with van der Waals surface area (Å²) in [4.78, 5) is 35.9. The van der Waals surface area contributed by atoms with Gasteiger partial charge in [0.2, 0.25) is 0 Å². The van der Waals surface area contributed by atoms with Crippen LogP contribution in [0.25, 0.3) is 11.1 Å². The fraction of sp³-hybridized carbons (Fsp3) is 0.318. The molecule has 7 nitrogen and oxygen atoms in total. The average Bonchev–Trinajstić information content (AvgIpc) is 2.65. The standard InChI is InChI=1S/C22H25NO6/c1-22(2,3)29-21(27)23-18(19(24)25)13-14-9-5-6-10-15(14)16-11-7-8-12-17(16)20(26)28-4/h5-12,18H,13H2,1-4H3,(H,23,27)(H,24,25). The van der Waals surface area contributed by atoms with Gasteiger partial charge < -0.3 is 19.9 Å². The molecule has 2 aromatic rings. The van der Waals surface area contributed by atoms with Crippen molar-refractivity contribution in [2.45, 2.75) is 38.8 Å². The molecule has 0 aromatic heterocycles. The fourth-order valence-electron chi connectivity index (χ4n) is 2.84. The van der Waals surface area contributed by atoms with Crippen LogP contribution in [0.3, 0.4) is 0 Å². The van der Waals surface area contributed by atoms with E-state index in [1.54, 1.807) is 69.3 Å². The molecule has 0 heterocycles. The number of rotatable bonds is 6. The Morgan fingerprint density at radius 2 is 1.59 bits per heavy atom. The molecule has 7 heteroatoms. The first kappa shape index (κ1) is 21.9. The van der Waals surface area contributed by atoms with Gasteiger partial charge in [-0.05, 0) is 43.5 Å². The first-order valence-electron chi connectivity index (χ1n) is 9.10. The number of hydrogen-bond donors (Lipinski definition) is 2. The van der Waals surface area contributed by atoms with Crippen LogP contribution in [-0.2, 0) is 20.7 Å². The van der Waals surface area contributed by atoms with Crippen LogP contribution >= 0.6 is 0 Å². The largest absolute Gasteiger partial charge is 0.480 e. The van der Waals surface area contributed by atoms with Gasteiger partial charge in [-0.3, -0.25) is 0 Å². The number of aliphatic carboxylic acids is 1. The normalized spacial score (nSPS) is 12.0. The molecule has 1 amide bonds. The van der Waals surface area contributed by atoms with Crippen LogP contribution in [-0.4, -0.2) is 41.9 Å². The Kier molecular flexibility index (Phi) is 6.98. The van der Waals surface area contributed by atoms with Crippen LogP contribution in [0, 0.1) is 0 Å². The summed E-state index contributed by atoms with van der Waals surface area (Å²) >= 11 is 0. The molecule has 0 saturated carbocycles. The van der Waals surface area contributed by atoms with E-state index >= 15 is 0 Å². The number of carboxylic acid groups (broad SMARTS) is 1. The summed E-state index contributed by atoms with van der Waals surface area (Å²) < 4.78 is 10.0. The van der Waals surface area contributed by atoms with Gasteiger partial charge in [0, 0.05) is 6.42 Å². The maximum absolute atomic E-state index is 12.1. The van der Waals surface area contributed by atoms with E-state index in [4.69, 9.17) is 9.47 Å². The van der Waals surface area contributed by atoms with E-state index in [-0.39, 0.29) is 6.42 Å². The van der Waals surface area contributed by atoms with E-state index in [1.165, 1.54) is 7.11 Å². The summed E-state index contributed by atoms with van der Waals surface area (Å²) in [7, 11) is 1.30. The highest BCUT2D eigenvalue weighted by Gasteiger charge is 2.25. The number of esters is 1. The molecule has 154 valence electrons. The third kappa shape index (κ3) is 6.07. The highest BCUT2D eigenvalue weighted by atomic mass is 16.6. The van der Waals surface area contributed by atoms with Crippen molar-refractivity contribution in [3.8, 4) is 11.1 Å². The van der Waals surface area contributed by atoms with Crippen LogP contribution in [0.1, 0.15) is 36.7 Å². The van der Waals surface area contributed by atoms with Crippen molar-refractivity contribution in [3.63, 3.8) is 0 Å². The Labute approximate surface area is 169 Å². The molecule has 2 N–H and O–H groups in total. The summed E-state index contributed by atoms with van der Waals surface area (Å²) in [5.74, 6) is -1.68. The Morgan fingerprint density at radius 1 is 1.00 bits per heavy atom. The molecule has 0 aliphatic carbocycles. The van der Waals surface area contributed by atoms with Gasteiger partial charge in [0.15, 0.2) is 0 Å². The Bertz CT molecular complexity index is 900. The van der Waals surface area contributed by atoms with Crippen molar-refractivity contribution < 1.29 is 29.0 Å². The lowest BCUT2D eigenvalue weighted by atomic mass is 9.92. The minimum atomic E-state index is -1.20. The molecule has 0 fully saturated rings. The zero-order valence-electron chi connectivity index (χ0n) is 16.9. The first-order valence-corrected chi connectivity index (χ1v) is 9.10. The lowest BCUT2D eigenvalue weighted by Gasteiger charge is -2.22. The molecule has 0 saturated heterocycles. The summed E-state index contributed by atoms with van der Waals surface area (Å²) in [6.07, 6.45) is -0.794. The molecule has 1 atom stereocenters. The minimum absolute atomic E-state index is 0.0141. The Balaban J connectivity index is 2.36. The third-order valence-corrected chi connectivity index (χ3v) is 4.05. The zero-order chi connectivity index (χ0) is 21.6. The number of methoxy groups -OCH3 is 1. The van der Waals surface area contributed by atoms with E-state index in [0.717, 1.165) is 0 Å². The Hall–Kier alpha value is -3.35. The first-order chi connectivity index (χ1) is 13.6. The number of benzene rings is 2. The maximum Gasteiger partial charge on any atom is 0.408 e. The van der Waals surface area contributed by atoms with Gasteiger partial charge in [0.1, 0.15) is 11.6 Å². The predicted molar refractivity (Wildman–Crippen MR) is 108 cm³/mol. The summed E-state index contributed by atoms with van der Waals surface area (Å²) in [5, 5.41) is 12.0. The van der Waals surface area contributed by atoms with Crippen molar-refractivity contribution in [2.75, 3.05) is 7.11 Å². The van der Waals surface area contributed by atoms with Gasteiger partial charge in [0.05, 0.1) is 12.7 Å². The molecule has 0 aliphatic heterocycles. The van der Waals surface area contributed by atoms with Gasteiger partial charge in [-0.2, -0.15) is 0 Å².